The summed E-state index contributed by atoms with van der Waals surface area (Å²) in [6.45, 7) is 4.76. The molecule has 0 aromatic carbocycles. The van der Waals surface area contributed by atoms with Gasteiger partial charge < -0.3 is 4.74 Å². The smallest absolute Gasteiger partial charge is 0.433 e. The highest BCUT2D eigenvalue weighted by molar-refractivity contribution is 5.88. The first-order chi connectivity index (χ1) is 16.3. The summed E-state index contributed by atoms with van der Waals surface area (Å²) in [7, 11) is 0. The fourth-order valence-electron chi connectivity index (χ4n) is 3.71. The predicted octanol–water partition coefficient (Wildman–Crippen LogP) is 4.88. The Bertz CT molecular complexity index is 1140. The summed E-state index contributed by atoms with van der Waals surface area (Å²) in [6, 6.07) is 4.55. The quantitative estimate of drug-likeness (QED) is 0.552. The molecular weight excluding hydrogens is 468 g/mol. The highest BCUT2D eigenvalue weighted by atomic mass is 19.4. The highest BCUT2D eigenvalue weighted by Crippen LogP contribution is 2.29. The molecule has 0 spiro atoms. The molecule has 0 N–H and O–H groups in total. The Hall–Kier alpha value is -3.55. The lowest BCUT2D eigenvalue weighted by Crippen LogP contribution is -2.43. The Morgan fingerprint density at radius 1 is 1.20 bits per heavy atom. The second-order valence-electron chi connectivity index (χ2n) is 9.22. The molecule has 0 radical (unpaired) electrons. The van der Waals surface area contributed by atoms with Gasteiger partial charge in [-0.3, -0.25) is 19.7 Å². The summed E-state index contributed by atoms with van der Waals surface area (Å²) in [5, 5.41) is 9.41. The van der Waals surface area contributed by atoms with Crippen LogP contribution in [-0.4, -0.2) is 51.1 Å². The minimum absolute atomic E-state index is 0.0833. The SMILES string of the molecule is CC(C)(C)OC(=O)N1C[C@H](F)C[C@H]1C(=O)CCc1cc(-c2ccc(C(F)(F)F)nc2)ncc1C#N. The largest absolute Gasteiger partial charge is 0.444 e. The normalized spacial score (nSPS) is 18.3. The number of nitrogens with zero attached hydrogens (tertiary/aromatic N) is 4. The van der Waals surface area contributed by atoms with Gasteiger partial charge in [-0.15, -0.1) is 0 Å². The molecule has 186 valence electrons. The minimum Gasteiger partial charge on any atom is -0.444 e. The highest BCUT2D eigenvalue weighted by Gasteiger charge is 2.41. The maximum Gasteiger partial charge on any atom is 0.433 e. The number of aryl methyl sites for hydroxylation is 1. The third-order valence-electron chi connectivity index (χ3n) is 5.35. The summed E-state index contributed by atoms with van der Waals surface area (Å²) in [6.07, 6.45) is -4.52. The molecule has 2 aromatic heterocycles. The summed E-state index contributed by atoms with van der Waals surface area (Å²) in [5.74, 6) is -0.380. The number of ether oxygens (including phenoxy) is 1. The first kappa shape index (κ1) is 26.1. The van der Waals surface area contributed by atoms with Gasteiger partial charge in [0.1, 0.15) is 23.5 Å². The molecule has 3 rings (SSSR count). The van der Waals surface area contributed by atoms with Gasteiger partial charge in [-0.05, 0) is 51.0 Å². The zero-order chi connectivity index (χ0) is 26.0. The molecule has 7 nitrogen and oxygen atoms in total. The van der Waals surface area contributed by atoms with Crippen LogP contribution in [-0.2, 0) is 22.1 Å². The van der Waals surface area contributed by atoms with Gasteiger partial charge in [0.05, 0.1) is 23.8 Å². The van der Waals surface area contributed by atoms with E-state index in [1.54, 1.807) is 20.8 Å². The van der Waals surface area contributed by atoms with Crippen molar-refractivity contribution in [1.82, 2.24) is 14.9 Å². The number of pyridine rings is 2. The number of carbonyl (C=O) groups excluding carboxylic acids is 2. The lowest BCUT2D eigenvalue weighted by molar-refractivity contribution is -0.141. The van der Waals surface area contributed by atoms with Crippen LogP contribution < -0.4 is 0 Å². The van der Waals surface area contributed by atoms with Gasteiger partial charge in [0.15, 0.2) is 5.78 Å². The van der Waals surface area contributed by atoms with Gasteiger partial charge in [0.2, 0.25) is 0 Å². The number of likely N-dealkylation sites (tertiary alicyclic amines) is 1. The van der Waals surface area contributed by atoms with E-state index in [1.165, 1.54) is 18.3 Å². The maximum atomic E-state index is 14.1. The zero-order valence-corrected chi connectivity index (χ0v) is 19.4. The maximum absolute atomic E-state index is 14.1. The first-order valence-electron chi connectivity index (χ1n) is 10.9. The molecule has 0 bridgehead atoms. The van der Waals surface area contributed by atoms with Crippen molar-refractivity contribution in [3.05, 3.63) is 47.4 Å². The van der Waals surface area contributed by atoms with Crippen LogP contribution in [0.25, 0.3) is 11.3 Å². The minimum atomic E-state index is -4.58. The summed E-state index contributed by atoms with van der Waals surface area (Å²) in [5.41, 5.74) is -0.612. The molecule has 0 saturated carbocycles. The van der Waals surface area contributed by atoms with E-state index in [0.717, 1.165) is 17.2 Å². The lowest BCUT2D eigenvalue weighted by atomic mass is 9.98. The van der Waals surface area contributed by atoms with Crippen molar-refractivity contribution in [2.75, 3.05) is 6.54 Å². The predicted molar refractivity (Wildman–Crippen MR) is 117 cm³/mol. The zero-order valence-electron chi connectivity index (χ0n) is 19.4. The van der Waals surface area contributed by atoms with Crippen molar-refractivity contribution in [3.63, 3.8) is 0 Å². The Morgan fingerprint density at radius 2 is 1.91 bits per heavy atom. The van der Waals surface area contributed by atoms with Gasteiger partial charge in [-0.1, -0.05) is 0 Å². The van der Waals surface area contributed by atoms with Crippen LogP contribution in [0.1, 0.15) is 50.4 Å². The number of amides is 1. The van der Waals surface area contributed by atoms with E-state index in [0.29, 0.717) is 11.1 Å². The number of ketones is 1. The van der Waals surface area contributed by atoms with Crippen LogP contribution in [0.2, 0.25) is 0 Å². The van der Waals surface area contributed by atoms with Crippen LogP contribution in [0.4, 0.5) is 22.4 Å². The summed E-state index contributed by atoms with van der Waals surface area (Å²) >= 11 is 0. The van der Waals surface area contributed by atoms with Crippen molar-refractivity contribution in [3.8, 4) is 17.3 Å². The van der Waals surface area contributed by atoms with E-state index in [4.69, 9.17) is 4.74 Å². The monoisotopic (exact) mass is 492 g/mol. The van der Waals surface area contributed by atoms with Gasteiger partial charge in [-0.2, -0.15) is 18.4 Å². The molecular formula is C24H24F4N4O3. The molecule has 1 aliphatic heterocycles. The second-order valence-corrected chi connectivity index (χ2v) is 9.22. The second kappa shape index (κ2) is 9.98. The summed E-state index contributed by atoms with van der Waals surface area (Å²) in [4.78, 5) is 34.0. The van der Waals surface area contributed by atoms with Gasteiger partial charge in [0, 0.05) is 30.8 Å². The van der Waals surface area contributed by atoms with Crippen molar-refractivity contribution in [2.24, 2.45) is 0 Å². The van der Waals surface area contributed by atoms with Crippen LogP contribution in [0.15, 0.2) is 30.6 Å². The topological polar surface area (TPSA) is 96.2 Å². The van der Waals surface area contributed by atoms with E-state index >= 15 is 0 Å². The van der Waals surface area contributed by atoms with Gasteiger partial charge in [-0.25, -0.2) is 9.18 Å². The molecule has 0 unspecified atom stereocenters. The number of Topliss-reactive ketones (excluding diaryl/α,β-unsaturated/α-hetero) is 1. The first-order valence-corrected chi connectivity index (χ1v) is 10.9. The number of rotatable bonds is 5. The Morgan fingerprint density at radius 3 is 2.49 bits per heavy atom. The molecule has 0 aliphatic carbocycles. The number of alkyl halides is 4. The van der Waals surface area contributed by atoms with Crippen molar-refractivity contribution >= 4 is 11.9 Å². The number of hydrogen-bond acceptors (Lipinski definition) is 6. The molecule has 2 aromatic rings. The van der Waals surface area contributed by atoms with Crippen molar-refractivity contribution < 1.29 is 31.9 Å². The van der Waals surface area contributed by atoms with Gasteiger partial charge >= 0.3 is 12.3 Å². The molecule has 11 heteroatoms. The van der Waals surface area contributed by atoms with Crippen molar-refractivity contribution in [2.45, 2.75) is 64.0 Å². The van der Waals surface area contributed by atoms with E-state index < -0.39 is 35.8 Å². The lowest BCUT2D eigenvalue weighted by Gasteiger charge is -2.27. The van der Waals surface area contributed by atoms with E-state index in [-0.39, 0.29) is 42.8 Å². The van der Waals surface area contributed by atoms with Crippen LogP contribution in [0, 0.1) is 11.3 Å². The molecule has 3 heterocycles. The standard InChI is InChI=1S/C24H24F4N4O3/c1-23(2,3)35-22(34)32-13-17(25)9-19(32)20(33)6-4-14-8-18(30-12-16(14)10-29)15-5-7-21(31-11-15)24(26,27)28/h5,7-8,11-12,17,19H,4,6,9,13H2,1-3H3/t17-,19+/m1/s1. The van der Waals surface area contributed by atoms with E-state index in [2.05, 4.69) is 9.97 Å². The third kappa shape index (κ3) is 6.53. The molecule has 35 heavy (non-hydrogen) atoms. The molecule has 2 atom stereocenters. The van der Waals surface area contributed by atoms with E-state index in [9.17, 15) is 32.4 Å². The van der Waals surface area contributed by atoms with Crippen molar-refractivity contribution in [1.29, 1.82) is 5.26 Å². The third-order valence-corrected chi connectivity index (χ3v) is 5.35. The molecule has 1 amide bonds. The number of hydrogen-bond donors (Lipinski definition) is 0. The fraction of sp³-hybridized carbons (Fsp3) is 0.458. The van der Waals surface area contributed by atoms with Gasteiger partial charge in [0.25, 0.3) is 0 Å². The van der Waals surface area contributed by atoms with Crippen LogP contribution >= 0.6 is 0 Å². The Balaban J connectivity index is 1.75. The number of halogens is 4. The number of aromatic nitrogens is 2. The van der Waals surface area contributed by atoms with E-state index in [1.807, 2.05) is 6.07 Å². The summed E-state index contributed by atoms with van der Waals surface area (Å²) < 4.78 is 57.7. The van der Waals surface area contributed by atoms with Crippen LogP contribution in [0.3, 0.4) is 0 Å². The molecule has 1 aliphatic rings. The fourth-order valence-corrected chi connectivity index (χ4v) is 3.71. The Kier molecular flexibility index (Phi) is 7.43. The molecule has 1 saturated heterocycles. The average molecular weight is 492 g/mol. The molecule has 1 fully saturated rings. The Labute approximate surface area is 199 Å². The number of nitriles is 1. The number of carbonyl (C=O) groups is 2. The van der Waals surface area contributed by atoms with Crippen LogP contribution in [0.5, 0.6) is 0 Å². The average Bonchev–Trinajstić information content (AvgIpc) is 3.17.